The smallest absolute Gasteiger partial charge is 0.263 e. The largest absolute Gasteiger partial charge is 0.383 e. The number of fused-ring (bicyclic) bond motifs is 1. The minimum atomic E-state index is -3.44. The number of anilines is 2. The number of amides is 1. The van der Waals surface area contributed by atoms with Crippen LogP contribution >= 0.6 is 22.9 Å². The predicted octanol–water partition coefficient (Wildman–Crippen LogP) is 2.87. The first-order valence-electron chi connectivity index (χ1n) is 8.24. The molecule has 11 heteroatoms. The number of nitrogens with zero attached hydrogens (tertiary/aromatic N) is 2. The molecule has 1 amide bonds. The predicted molar refractivity (Wildman–Crippen MR) is 113 cm³/mol. The lowest BCUT2D eigenvalue weighted by Crippen LogP contribution is -2.28. The first-order valence-corrected chi connectivity index (χ1v) is 11.3. The highest BCUT2D eigenvalue weighted by Crippen LogP contribution is 2.24. The van der Waals surface area contributed by atoms with E-state index >= 15 is 0 Å². The maximum atomic E-state index is 12.3. The van der Waals surface area contributed by atoms with Gasteiger partial charge in [0.05, 0.1) is 17.5 Å². The molecule has 0 radical (unpaired) electrons. The van der Waals surface area contributed by atoms with Gasteiger partial charge in [0.25, 0.3) is 5.91 Å². The zero-order valence-corrected chi connectivity index (χ0v) is 17.5. The molecule has 8 nitrogen and oxygen atoms in total. The third kappa shape index (κ3) is 5.09. The number of carbonyl (C=O) groups excluding carboxylic acids is 1. The summed E-state index contributed by atoms with van der Waals surface area (Å²) in [5.74, 6) is -0.301. The third-order valence-electron chi connectivity index (χ3n) is 3.71. The van der Waals surface area contributed by atoms with E-state index < -0.39 is 10.0 Å². The Kier molecular flexibility index (Phi) is 6.01. The number of benzene rings is 1. The van der Waals surface area contributed by atoms with E-state index in [4.69, 9.17) is 11.6 Å². The zero-order valence-electron chi connectivity index (χ0n) is 15.1. The number of nitrogens with one attached hydrogen (secondary N) is 3. The van der Waals surface area contributed by atoms with Crippen LogP contribution in [0.2, 0.25) is 5.02 Å². The molecule has 148 valence electrons. The van der Waals surface area contributed by atoms with Crippen molar-refractivity contribution in [1.29, 1.82) is 0 Å². The molecule has 0 atom stereocenters. The van der Waals surface area contributed by atoms with Crippen molar-refractivity contribution in [3.05, 3.63) is 46.1 Å². The van der Waals surface area contributed by atoms with Gasteiger partial charge in [0, 0.05) is 35.4 Å². The van der Waals surface area contributed by atoms with E-state index in [1.165, 1.54) is 0 Å². The number of hydrogen-bond acceptors (Lipinski definition) is 7. The molecule has 28 heavy (non-hydrogen) atoms. The molecule has 1 aromatic carbocycles. The van der Waals surface area contributed by atoms with Gasteiger partial charge in [-0.3, -0.25) is 14.5 Å². The summed E-state index contributed by atoms with van der Waals surface area (Å²) in [6.07, 6.45) is 2.72. The van der Waals surface area contributed by atoms with Crippen LogP contribution in [0.1, 0.15) is 15.4 Å². The van der Waals surface area contributed by atoms with Crippen LogP contribution in [-0.4, -0.2) is 43.6 Å². The van der Waals surface area contributed by atoms with Gasteiger partial charge in [-0.05, 0) is 31.2 Å². The van der Waals surface area contributed by atoms with Crippen molar-refractivity contribution < 1.29 is 13.2 Å². The van der Waals surface area contributed by atoms with Gasteiger partial charge in [-0.1, -0.05) is 22.9 Å². The van der Waals surface area contributed by atoms with Gasteiger partial charge in [-0.2, -0.15) is 0 Å². The number of rotatable bonds is 7. The molecule has 0 fully saturated rings. The minimum absolute atomic E-state index is 0.171. The first-order chi connectivity index (χ1) is 13.2. The second-order valence-electron chi connectivity index (χ2n) is 6.01. The van der Waals surface area contributed by atoms with Gasteiger partial charge in [-0.25, -0.2) is 13.4 Å². The number of aromatic nitrogens is 2. The highest BCUT2D eigenvalue weighted by molar-refractivity contribution is 7.92. The Balaban J connectivity index is 1.58. The van der Waals surface area contributed by atoms with E-state index in [1.807, 2.05) is 12.1 Å². The van der Waals surface area contributed by atoms with Crippen LogP contribution in [0.25, 0.3) is 10.9 Å². The molecule has 2 heterocycles. The van der Waals surface area contributed by atoms with E-state index in [0.29, 0.717) is 28.7 Å². The monoisotopic (exact) mass is 439 g/mol. The Hall–Kier alpha value is -2.43. The number of thiazole rings is 1. The molecule has 2 aromatic heterocycles. The first kappa shape index (κ1) is 20.3. The van der Waals surface area contributed by atoms with Gasteiger partial charge in [0.2, 0.25) is 10.0 Å². The molecule has 0 unspecified atom stereocenters. The molecular weight excluding hydrogens is 422 g/mol. The fraction of sp³-hybridized carbons (Fsp3) is 0.235. The van der Waals surface area contributed by atoms with Crippen molar-refractivity contribution in [2.45, 2.75) is 6.92 Å². The molecule has 0 saturated carbocycles. The minimum Gasteiger partial charge on any atom is -0.383 e. The summed E-state index contributed by atoms with van der Waals surface area (Å²) >= 11 is 6.99. The van der Waals surface area contributed by atoms with Crippen molar-refractivity contribution >= 4 is 60.6 Å². The molecule has 0 aliphatic rings. The van der Waals surface area contributed by atoms with Gasteiger partial charge in [0.15, 0.2) is 5.13 Å². The van der Waals surface area contributed by atoms with Crippen LogP contribution in [0.5, 0.6) is 0 Å². The van der Waals surface area contributed by atoms with Crippen molar-refractivity contribution in [3.63, 3.8) is 0 Å². The van der Waals surface area contributed by atoms with Crippen LogP contribution in [0.15, 0.2) is 30.5 Å². The summed E-state index contributed by atoms with van der Waals surface area (Å²) in [4.78, 5) is 21.1. The average molecular weight is 440 g/mol. The van der Waals surface area contributed by atoms with E-state index in [-0.39, 0.29) is 11.0 Å². The van der Waals surface area contributed by atoms with Crippen LogP contribution in [-0.2, 0) is 10.0 Å². The maximum absolute atomic E-state index is 12.3. The van der Waals surface area contributed by atoms with Crippen LogP contribution in [0.4, 0.5) is 10.8 Å². The lowest BCUT2D eigenvalue weighted by atomic mass is 10.2. The maximum Gasteiger partial charge on any atom is 0.263 e. The van der Waals surface area contributed by atoms with Crippen LogP contribution in [0.3, 0.4) is 0 Å². The van der Waals surface area contributed by atoms with Crippen LogP contribution in [0, 0.1) is 6.92 Å². The number of pyridine rings is 1. The molecule has 0 aliphatic carbocycles. The number of aryl methyl sites for hydroxylation is 1. The molecule has 3 rings (SSSR count). The summed E-state index contributed by atoms with van der Waals surface area (Å²) in [5.41, 5.74) is 2.15. The van der Waals surface area contributed by atoms with E-state index in [2.05, 4.69) is 25.3 Å². The molecule has 3 aromatic rings. The molecule has 0 bridgehead atoms. The quantitative estimate of drug-likeness (QED) is 0.488. The van der Waals surface area contributed by atoms with Crippen molar-refractivity contribution in [2.75, 3.05) is 29.4 Å². The Bertz CT molecular complexity index is 1130. The summed E-state index contributed by atoms with van der Waals surface area (Å²) < 4.78 is 24.8. The fourth-order valence-electron chi connectivity index (χ4n) is 2.54. The lowest BCUT2D eigenvalue weighted by molar-refractivity contribution is 0.0958. The normalized spacial score (nSPS) is 11.4. The number of halogens is 1. The Morgan fingerprint density at radius 2 is 2.04 bits per heavy atom. The van der Waals surface area contributed by atoms with E-state index in [1.54, 1.807) is 25.3 Å². The SMILES string of the molecule is Cc1nc(NS(C)(=O)=O)sc1C(=O)NCCNc1ccnc2cc(Cl)ccc12. The summed E-state index contributed by atoms with van der Waals surface area (Å²) in [6, 6.07) is 7.34. The molecule has 3 N–H and O–H groups in total. The Labute approximate surface area is 171 Å². The molecule has 0 aliphatic heterocycles. The molecule has 0 spiro atoms. The summed E-state index contributed by atoms with van der Waals surface area (Å²) in [5, 5.41) is 7.79. The number of carbonyl (C=O) groups is 1. The van der Waals surface area contributed by atoms with Crippen molar-refractivity contribution in [1.82, 2.24) is 15.3 Å². The Morgan fingerprint density at radius 1 is 1.25 bits per heavy atom. The zero-order chi connectivity index (χ0) is 20.3. The average Bonchev–Trinajstić information content (AvgIpc) is 2.96. The summed E-state index contributed by atoms with van der Waals surface area (Å²) in [6.45, 7) is 2.54. The highest BCUT2D eigenvalue weighted by atomic mass is 35.5. The Morgan fingerprint density at radius 3 is 2.79 bits per heavy atom. The number of hydrogen-bond donors (Lipinski definition) is 3. The number of sulfonamides is 1. The topological polar surface area (TPSA) is 113 Å². The fourth-order valence-corrected chi connectivity index (χ4v) is 4.42. The van der Waals surface area contributed by atoms with E-state index in [9.17, 15) is 13.2 Å². The second-order valence-corrected chi connectivity index (χ2v) is 9.19. The van der Waals surface area contributed by atoms with Gasteiger partial charge >= 0.3 is 0 Å². The van der Waals surface area contributed by atoms with E-state index in [0.717, 1.165) is 34.2 Å². The summed E-state index contributed by atoms with van der Waals surface area (Å²) in [7, 11) is -3.44. The lowest BCUT2D eigenvalue weighted by Gasteiger charge is -2.10. The van der Waals surface area contributed by atoms with Crippen LogP contribution < -0.4 is 15.4 Å². The highest BCUT2D eigenvalue weighted by Gasteiger charge is 2.16. The third-order valence-corrected chi connectivity index (χ3v) is 5.71. The molecular formula is C17H18ClN5O3S2. The molecule has 0 saturated heterocycles. The van der Waals surface area contributed by atoms with Gasteiger partial charge in [0.1, 0.15) is 4.88 Å². The van der Waals surface area contributed by atoms with Gasteiger partial charge < -0.3 is 10.6 Å². The van der Waals surface area contributed by atoms with Crippen molar-refractivity contribution in [3.8, 4) is 0 Å². The second kappa shape index (κ2) is 8.29. The van der Waals surface area contributed by atoms with Gasteiger partial charge in [-0.15, -0.1) is 0 Å². The standard InChI is InChI=1S/C17H18ClN5O3S2/c1-10-15(27-17(22-10)23-28(2,25)26)16(24)21-8-7-20-13-5-6-19-14-9-11(18)3-4-12(13)14/h3-6,9H,7-8H2,1-2H3,(H,19,20)(H,21,24)(H,22,23). The van der Waals surface area contributed by atoms with Crippen molar-refractivity contribution in [2.24, 2.45) is 0 Å².